The minimum Gasteiger partial charge on any atom is -0.463 e. The fourth-order valence-corrected chi connectivity index (χ4v) is 4.17. The molecule has 1 heterocycles. The summed E-state index contributed by atoms with van der Waals surface area (Å²) in [5.41, 5.74) is 0. The molecule has 2 unspecified atom stereocenters. The smallest absolute Gasteiger partial charge is 0.303 e. The van der Waals surface area contributed by atoms with Gasteiger partial charge in [-0.15, -0.1) is 0 Å². The zero-order chi connectivity index (χ0) is 27.8. The van der Waals surface area contributed by atoms with Crippen molar-refractivity contribution in [2.75, 3.05) is 6.61 Å². The number of esters is 4. The SMILES string of the molecule is CCCCCCCCCCCC(=O)N[C@@H]1OC(COC(C)=O)[C@@H](OC(C)=O)[C@H](OC(C)=O)C1OC(C)=O. The quantitative estimate of drug-likeness (QED) is 0.180. The van der Waals surface area contributed by atoms with Gasteiger partial charge in [-0.2, -0.15) is 0 Å². The van der Waals surface area contributed by atoms with Gasteiger partial charge < -0.3 is 29.0 Å². The van der Waals surface area contributed by atoms with Gasteiger partial charge in [0.2, 0.25) is 5.91 Å². The molecule has 11 heteroatoms. The first-order valence-corrected chi connectivity index (χ1v) is 13.1. The molecule has 5 atom stereocenters. The van der Waals surface area contributed by atoms with Gasteiger partial charge in [-0.1, -0.05) is 58.3 Å². The van der Waals surface area contributed by atoms with Crippen molar-refractivity contribution < 1.29 is 47.7 Å². The summed E-state index contributed by atoms with van der Waals surface area (Å²) in [6, 6.07) is 0. The Bertz CT molecular complexity index is 756. The minimum absolute atomic E-state index is 0.225. The average molecular weight is 530 g/mol. The van der Waals surface area contributed by atoms with Crippen LogP contribution in [-0.2, 0) is 47.7 Å². The first-order valence-electron chi connectivity index (χ1n) is 13.1. The maximum Gasteiger partial charge on any atom is 0.303 e. The monoisotopic (exact) mass is 529 g/mol. The number of hydrogen-bond donors (Lipinski definition) is 1. The molecule has 0 aromatic rings. The van der Waals surface area contributed by atoms with E-state index in [4.69, 9.17) is 23.7 Å². The van der Waals surface area contributed by atoms with Crippen LogP contribution in [0.15, 0.2) is 0 Å². The van der Waals surface area contributed by atoms with Crippen molar-refractivity contribution in [1.29, 1.82) is 0 Å². The van der Waals surface area contributed by atoms with E-state index in [9.17, 15) is 24.0 Å². The van der Waals surface area contributed by atoms with Crippen LogP contribution in [0.2, 0.25) is 0 Å². The highest BCUT2D eigenvalue weighted by atomic mass is 16.7. The summed E-state index contributed by atoms with van der Waals surface area (Å²) in [6.07, 6.45) is 3.95. The van der Waals surface area contributed by atoms with Gasteiger partial charge in [-0.3, -0.25) is 24.0 Å². The highest BCUT2D eigenvalue weighted by molar-refractivity contribution is 5.76. The van der Waals surface area contributed by atoms with Gasteiger partial charge in [0.25, 0.3) is 0 Å². The molecule has 0 spiro atoms. The van der Waals surface area contributed by atoms with E-state index in [1.165, 1.54) is 39.0 Å². The second kappa shape index (κ2) is 17.7. The van der Waals surface area contributed by atoms with Gasteiger partial charge in [-0.25, -0.2) is 0 Å². The van der Waals surface area contributed by atoms with Crippen molar-refractivity contribution in [1.82, 2.24) is 5.32 Å². The lowest BCUT2D eigenvalue weighted by atomic mass is 9.97. The van der Waals surface area contributed by atoms with Crippen LogP contribution in [0, 0.1) is 0 Å². The Morgan fingerprint density at radius 3 is 1.65 bits per heavy atom. The zero-order valence-corrected chi connectivity index (χ0v) is 22.7. The molecule has 0 bridgehead atoms. The van der Waals surface area contributed by atoms with E-state index < -0.39 is 54.5 Å². The minimum atomic E-state index is -1.31. The second-order valence-electron chi connectivity index (χ2n) is 9.27. The molecule has 1 amide bonds. The second-order valence-corrected chi connectivity index (χ2v) is 9.27. The van der Waals surface area contributed by atoms with Gasteiger partial charge in [0, 0.05) is 34.1 Å². The molecule has 212 valence electrons. The van der Waals surface area contributed by atoms with E-state index in [0.29, 0.717) is 6.42 Å². The molecule has 11 nitrogen and oxygen atoms in total. The van der Waals surface area contributed by atoms with Gasteiger partial charge in [-0.05, 0) is 6.42 Å². The van der Waals surface area contributed by atoms with E-state index in [1.54, 1.807) is 0 Å². The van der Waals surface area contributed by atoms with Crippen LogP contribution in [0.25, 0.3) is 0 Å². The van der Waals surface area contributed by atoms with Crippen LogP contribution in [0.5, 0.6) is 0 Å². The molecule has 0 radical (unpaired) electrons. The summed E-state index contributed by atoms with van der Waals surface area (Å²) in [5.74, 6) is -3.12. The summed E-state index contributed by atoms with van der Waals surface area (Å²) >= 11 is 0. The molecule has 1 rings (SSSR count). The van der Waals surface area contributed by atoms with E-state index in [2.05, 4.69) is 12.2 Å². The molecule has 1 aliphatic rings. The van der Waals surface area contributed by atoms with Crippen molar-refractivity contribution in [3.63, 3.8) is 0 Å². The highest BCUT2D eigenvalue weighted by Crippen LogP contribution is 2.28. The third-order valence-corrected chi connectivity index (χ3v) is 5.80. The number of amides is 1. The summed E-state index contributed by atoms with van der Waals surface area (Å²) < 4.78 is 26.9. The predicted octanol–water partition coefficient (Wildman–Crippen LogP) is 3.11. The Morgan fingerprint density at radius 1 is 0.649 bits per heavy atom. The first kappa shape index (κ1) is 32.3. The number of carbonyl (C=O) groups is 5. The summed E-state index contributed by atoms with van der Waals surface area (Å²) in [7, 11) is 0. The average Bonchev–Trinajstić information content (AvgIpc) is 2.79. The topological polar surface area (TPSA) is 144 Å². The maximum absolute atomic E-state index is 12.7. The van der Waals surface area contributed by atoms with Crippen LogP contribution in [0.1, 0.15) is 98.8 Å². The molecule has 1 N–H and O–H groups in total. The van der Waals surface area contributed by atoms with E-state index in [-0.39, 0.29) is 18.9 Å². The van der Waals surface area contributed by atoms with Crippen molar-refractivity contribution in [3.8, 4) is 0 Å². The molecular weight excluding hydrogens is 486 g/mol. The highest BCUT2D eigenvalue weighted by Gasteiger charge is 2.52. The maximum atomic E-state index is 12.7. The lowest BCUT2D eigenvalue weighted by molar-refractivity contribution is -0.257. The fourth-order valence-electron chi connectivity index (χ4n) is 4.17. The Morgan fingerprint density at radius 2 is 1.14 bits per heavy atom. The number of nitrogens with one attached hydrogen (secondary N) is 1. The van der Waals surface area contributed by atoms with Gasteiger partial charge in [0.15, 0.2) is 24.5 Å². The molecule has 1 saturated heterocycles. The number of carbonyl (C=O) groups excluding carboxylic acids is 5. The number of unbranched alkanes of at least 4 members (excludes halogenated alkanes) is 8. The normalized spacial score (nSPS) is 23.0. The lowest BCUT2D eigenvalue weighted by Crippen LogP contribution is -2.66. The van der Waals surface area contributed by atoms with Crippen molar-refractivity contribution >= 4 is 29.8 Å². The molecule has 1 aliphatic heterocycles. The summed E-state index contributed by atoms with van der Waals surface area (Å²) in [5, 5.41) is 2.68. The molecule has 0 saturated carbocycles. The summed E-state index contributed by atoms with van der Waals surface area (Å²) in [6.45, 7) is 6.48. The molecule has 0 aliphatic carbocycles. The van der Waals surface area contributed by atoms with E-state index in [1.807, 2.05) is 0 Å². The lowest BCUT2D eigenvalue weighted by Gasteiger charge is -2.44. The zero-order valence-electron chi connectivity index (χ0n) is 22.7. The van der Waals surface area contributed by atoms with Crippen LogP contribution in [0.3, 0.4) is 0 Å². The van der Waals surface area contributed by atoms with Crippen molar-refractivity contribution in [2.45, 2.75) is 129 Å². The van der Waals surface area contributed by atoms with Crippen LogP contribution >= 0.6 is 0 Å². The summed E-state index contributed by atoms with van der Waals surface area (Å²) in [4.78, 5) is 59.6. The Balaban J connectivity index is 2.87. The van der Waals surface area contributed by atoms with Crippen LogP contribution < -0.4 is 5.32 Å². The fraction of sp³-hybridized carbons (Fsp3) is 0.808. The molecule has 0 aromatic heterocycles. The third kappa shape index (κ3) is 13.4. The standard InChI is InChI=1S/C26H43NO10/c1-6-7-8-9-10-11-12-13-14-15-22(32)27-26-25(36-20(5)31)24(35-19(4)30)23(34-18(3)29)21(37-26)16-33-17(2)28/h21,23-26H,6-16H2,1-5H3,(H,27,32)/t21?,23-,24+,25?,26-/m1/s1. The Kier molecular flexibility index (Phi) is 15.5. The van der Waals surface area contributed by atoms with Gasteiger partial charge >= 0.3 is 23.9 Å². The predicted molar refractivity (Wildman–Crippen MR) is 132 cm³/mol. The van der Waals surface area contributed by atoms with E-state index in [0.717, 1.165) is 40.0 Å². The van der Waals surface area contributed by atoms with Gasteiger partial charge in [0.1, 0.15) is 12.7 Å². The Labute approximate surface area is 219 Å². The van der Waals surface area contributed by atoms with Crippen molar-refractivity contribution in [3.05, 3.63) is 0 Å². The third-order valence-electron chi connectivity index (χ3n) is 5.80. The molecule has 0 aromatic carbocycles. The number of hydrogen-bond acceptors (Lipinski definition) is 10. The van der Waals surface area contributed by atoms with Crippen molar-refractivity contribution in [2.24, 2.45) is 0 Å². The molecule has 1 fully saturated rings. The molecule has 37 heavy (non-hydrogen) atoms. The Hall–Kier alpha value is -2.69. The number of ether oxygens (including phenoxy) is 5. The van der Waals surface area contributed by atoms with Crippen LogP contribution in [-0.4, -0.2) is 67.0 Å². The van der Waals surface area contributed by atoms with Crippen LogP contribution in [0.4, 0.5) is 0 Å². The number of rotatable bonds is 16. The van der Waals surface area contributed by atoms with E-state index >= 15 is 0 Å². The largest absolute Gasteiger partial charge is 0.463 e. The van der Waals surface area contributed by atoms with Gasteiger partial charge in [0.05, 0.1) is 0 Å². The molecular formula is C26H43NO10. The first-order chi connectivity index (χ1) is 17.5.